The predicted octanol–water partition coefficient (Wildman–Crippen LogP) is 1.95. The van der Waals surface area contributed by atoms with E-state index in [9.17, 15) is 4.79 Å². The van der Waals surface area contributed by atoms with Crippen molar-refractivity contribution in [1.82, 2.24) is 9.88 Å². The minimum atomic E-state index is -0.0960. The van der Waals surface area contributed by atoms with Gasteiger partial charge >= 0.3 is 0 Å². The molecule has 1 aliphatic heterocycles. The van der Waals surface area contributed by atoms with Crippen LogP contribution in [0.4, 0.5) is 0 Å². The van der Waals surface area contributed by atoms with E-state index >= 15 is 0 Å². The number of carbonyl (C=O) groups excluding carboxylic acids is 1. The second-order valence-corrected chi connectivity index (χ2v) is 5.00. The number of hydrogen-bond donors (Lipinski definition) is 0. The molecule has 1 amide bonds. The van der Waals surface area contributed by atoms with Gasteiger partial charge in [-0.1, -0.05) is 19.9 Å². The first kappa shape index (κ1) is 13.0. The fraction of sp³-hybridized carbons (Fsp3) is 0.571. The molecule has 1 atom stereocenters. The van der Waals surface area contributed by atoms with Crippen molar-refractivity contribution in [3.05, 3.63) is 29.6 Å². The number of amides is 1. The van der Waals surface area contributed by atoms with Gasteiger partial charge in [0, 0.05) is 18.2 Å². The van der Waals surface area contributed by atoms with Gasteiger partial charge in [0.1, 0.15) is 6.10 Å². The number of rotatable bonds is 2. The van der Waals surface area contributed by atoms with Crippen LogP contribution in [0.2, 0.25) is 0 Å². The molecule has 0 saturated carbocycles. The molecule has 0 bridgehead atoms. The van der Waals surface area contributed by atoms with Gasteiger partial charge in [-0.15, -0.1) is 0 Å². The Balaban J connectivity index is 2.09. The molecule has 0 N–H and O–H groups in total. The van der Waals surface area contributed by atoms with Gasteiger partial charge in [0.25, 0.3) is 0 Å². The molecule has 1 aliphatic rings. The van der Waals surface area contributed by atoms with Gasteiger partial charge in [-0.2, -0.15) is 0 Å². The molecule has 0 aromatic carbocycles. The summed E-state index contributed by atoms with van der Waals surface area (Å²) in [7, 11) is 0. The number of hydrogen-bond acceptors (Lipinski definition) is 3. The normalized spacial score (nSPS) is 20.2. The predicted molar refractivity (Wildman–Crippen MR) is 69.1 cm³/mol. The number of aromatic nitrogens is 1. The Labute approximate surface area is 108 Å². The van der Waals surface area contributed by atoms with Crippen molar-refractivity contribution in [1.29, 1.82) is 0 Å². The Bertz CT molecular complexity index is 432. The molecule has 1 aromatic rings. The van der Waals surface area contributed by atoms with E-state index in [1.807, 2.05) is 43.9 Å². The molecule has 4 nitrogen and oxygen atoms in total. The van der Waals surface area contributed by atoms with Crippen molar-refractivity contribution in [3.63, 3.8) is 0 Å². The molecule has 18 heavy (non-hydrogen) atoms. The highest BCUT2D eigenvalue weighted by Crippen LogP contribution is 2.21. The molecule has 98 valence electrons. The van der Waals surface area contributed by atoms with E-state index in [4.69, 9.17) is 4.74 Å². The van der Waals surface area contributed by atoms with Gasteiger partial charge in [-0.3, -0.25) is 9.78 Å². The van der Waals surface area contributed by atoms with Gasteiger partial charge in [0.15, 0.2) is 0 Å². The molecular weight excluding hydrogens is 228 g/mol. The minimum absolute atomic E-state index is 0.0363. The molecule has 4 heteroatoms. The van der Waals surface area contributed by atoms with Crippen LogP contribution in [0.5, 0.6) is 0 Å². The number of nitrogens with zero attached hydrogens (tertiary/aromatic N) is 2. The largest absolute Gasteiger partial charge is 0.368 e. The standard InChI is InChI=1S/C14H20N2O2/c1-10(2)14(17)16-7-8-18-13(9-16)12-6-4-5-11(3)15-12/h4-6,10,13H,7-9H2,1-3H3/t13-/m0/s1. The first-order chi connectivity index (χ1) is 8.58. The lowest BCUT2D eigenvalue weighted by Crippen LogP contribution is -2.44. The fourth-order valence-corrected chi connectivity index (χ4v) is 2.14. The Morgan fingerprint density at radius 3 is 2.94 bits per heavy atom. The number of aryl methyl sites for hydroxylation is 1. The Hall–Kier alpha value is -1.42. The van der Waals surface area contributed by atoms with Crippen molar-refractivity contribution >= 4 is 5.91 Å². The molecule has 2 heterocycles. The maximum absolute atomic E-state index is 12.0. The molecule has 1 fully saturated rings. The zero-order valence-electron chi connectivity index (χ0n) is 11.2. The van der Waals surface area contributed by atoms with Crippen LogP contribution in [0, 0.1) is 12.8 Å². The van der Waals surface area contributed by atoms with Crippen molar-refractivity contribution < 1.29 is 9.53 Å². The highest BCUT2D eigenvalue weighted by Gasteiger charge is 2.27. The molecular formula is C14H20N2O2. The van der Waals surface area contributed by atoms with Gasteiger partial charge in [-0.25, -0.2) is 0 Å². The van der Waals surface area contributed by atoms with Crippen LogP contribution in [0.15, 0.2) is 18.2 Å². The quantitative estimate of drug-likeness (QED) is 0.803. The third-order valence-electron chi connectivity index (χ3n) is 3.11. The third kappa shape index (κ3) is 2.88. The van der Waals surface area contributed by atoms with Gasteiger partial charge in [0.05, 0.1) is 18.8 Å². The zero-order chi connectivity index (χ0) is 13.1. The molecule has 2 rings (SSSR count). The van der Waals surface area contributed by atoms with Crippen LogP contribution >= 0.6 is 0 Å². The number of carbonyl (C=O) groups is 1. The monoisotopic (exact) mass is 248 g/mol. The number of pyridine rings is 1. The maximum Gasteiger partial charge on any atom is 0.225 e. The average Bonchev–Trinajstić information content (AvgIpc) is 2.38. The van der Waals surface area contributed by atoms with E-state index in [0.717, 1.165) is 11.4 Å². The summed E-state index contributed by atoms with van der Waals surface area (Å²) in [6.45, 7) is 7.68. The van der Waals surface area contributed by atoms with Crippen molar-refractivity contribution in [2.75, 3.05) is 19.7 Å². The lowest BCUT2D eigenvalue weighted by molar-refractivity contribution is -0.142. The first-order valence-electron chi connectivity index (χ1n) is 6.42. The zero-order valence-corrected chi connectivity index (χ0v) is 11.2. The van der Waals surface area contributed by atoms with E-state index in [0.29, 0.717) is 19.7 Å². The summed E-state index contributed by atoms with van der Waals surface area (Å²) in [4.78, 5) is 18.3. The summed E-state index contributed by atoms with van der Waals surface area (Å²) in [6, 6.07) is 5.90. The smallest absolute Gasteiger partial charge is 0.225 e. The summed E-state index contributed by atoms with van der Waals surface area (Å²) in [5.41, 5.74) is 1.89. The highest BCUT2D eigenvalue weighted by molar-refractivity contribution is 5.78. The van der Waals surface area contributed by atoms with E-state index in [-0.39, 0.29) is 17.9 Å². The Morgan fingerprint density at radius 1 is 1.50 bits per heavy atom. The lowest BCUT2D eigenvalue weighted by atomic mass is 10.1. The summed E-state index contributed by atoms with van der Waals surface area (Å²) in [6.07, 6.45) is -0.0960. The van der Waals surface area contributed by atoms with E-state index in [1.165, 1.54) is 0 Å². The number of ether oxygens (including phenoxy) is 1. The molecule has 0 aliphatic carbocycles. The second kappa shape index (κ2) is 5.48. The van der Waals surface area contributed by atoms with Crippen LogP contribution < -0.4 is 0 Å². The summed E-state index contributed by atoms with van der Waals surface area (Å²) < 4.78 is 5.72. The second-order valence-electron chi connectivity index (χ2n) is 5.00. The molecule has 1 aromatic heterocycles. The topological polar surface area (TPSA) is 42.4 Å². The summed E-state index contributed by atoms with van der Waals surface area (Å²) >= 11 is 0. The third-order valence-corrected chi connectivity index (χ3v) is 3.11. The highest BCUT2D eigenvalue weighted by atomic mass is 16.5. The van der Waals surface area contributed by atoms with Gasteiger partial charge in [0.2, 0.25) is 5.91 Å². The molecule has 0 spiro atoms. The lowest BCUT2D eigenvalue weighted by Gasteiger charge is -2.33. The fourth-order valence-electron chi connectivity index (χ4n) is 2.14. The maximum atomic E-state index is 12.0. The van der Waals surface area contributed by atoms with Crippen LogP contribution in [0.25, 0.3) is 0 Å². The van der Waals surface area contributed by atoms with Crippen LogP contribution in [0.1, 0.15) is 31.3 Å². The van der Waals surface area contributed by atoms with E-state index < -0.39 is 0 Å². The average molecular weight is 248 g/mol. The van der Waals surface area contributed by atoms with Gasteiger partial charge < -0.3 is 9.64 Å². The first-order valence-corrected chi connectivity index (χ1v) is 6.42. The summed E-state index contributed by atoms with van der Waals surface area (Å²) in [5.74, 6) is 0.227. The van der Waals surface area contributed by atoms with E-state index in [2.05, 4.69) is 4.98 Å². The number of morpholine rings is 1. The van der Waals surface area contributed by atoms with Crippen LogP contribution in [0.3, 0.4) is 0 Å². The minimum Gasteiger partial charge on any atom is -0.368 e. The molecule has 0 radical (unpaired) electrons. The molecule has 0 unspecified atom stereocenters. The van der Waals surface area contributed by atoms with Crippen molar-refractivity contribution in [2.24, 2.45) is 5.92 Å². The summed E-state index contributed by atoms with van der Waals surface area (Å²) in [5, 5.41) is 0. The van der Waals surface area contributed by atoms with Gasteiger partial charge in [-0.05, 0) is 19.1 Å². The van der Waals surface area contributed by atoms with E-state index in [1.54, 1.807) is 0 Å². The van der Waals surface area contributed by atoms with Crippen LogP contribution in [-0.2, 0) is 9.53 Å². The van der Waals surface area contributed by atoms with Crippen molar-refractivity contribution in [2.45, 2.75) is 26.9 Å². The van der Waals surface area contributed by atoms with Crippen LogP contribution in [-0.4, -0.2) is 35.5 Å². The SMILES string of the molecule is Cc1cccc([C@@H]2CN(C(=O)C(C)C)CCO2)n1. The van der Waals surface area contributed by atoms with Crippen molar-refractivity contribution in [3.8, 4) is 0 Å². The molecule has 1 saturated heterocycles. The Morgan fingerprint density at radius 2 is 2.28 bits per heavy atom. The Kier molecular flexibility index (Phi) is 3.97.